The molecule has 2 amide bonds. The first kappa shape index (κ1) is 28.1. The summed E-state index contributed by atoms with van der Waals surface area (Å²) < 4.78 is 10.9. The fourth-order valence-electron chi connectivity index (χ4n) is 3.76. The standard InChI is InChI=1S/C26H34Cl2N4O4/c27-21-3-7-23(8-4-21)35-19-25(33)29-11-1-13-31-15-17-32(18-16-31)14-2-12-30-26(34)20-36-24-9-5-22(28)6-10-24/h3-10H,1-2,11-20H2,(H,29,33)(H,30,34). The lowest BCUT2D eigenvalue weighted by atomic mass is 10.2. The van der Waals surface area contributed by atoms with Gasteiger partial charge in [-0.15, -0.1) is 0 Å². The number of ether oxygens (including phenoxy) is 2. The second-order valence-electron chi connectivity index (χ2n) is 8.58. The maximum absolute atomic E-state index is 11.9. The zero-order chi connectivity index (χ0) is 25.6. The number of nitrogens with one attached hydrogen (secondary N) is 2. The predicted octanol–water partition coefficient (Wildman–Crippen LogP) is 3.08. The lowest BCUT2D eigenvalue weighted by molar-refractivity contribution is -0.123. The van der Waals surface area contributed by atoms with E-state index in [1.54, 1.807) is 48.5 Å². The number of piperazine rings is 1. The lowest BCUT2D eigenvalue weighted by Crippen LogP contribution is -2.47. The van der Waals surface area contributed by atoms with Crippen LogP contribution in [0.25, 0.3) is 0 Å². The van der Waals surface area contributed by atoms with Crippen molar-refractivity contribution in [1.29, 1.82) is 0 Å². The molecule has 1 aliphatic rings. The molecule has 8 nitrogen and oxygen atoms in total. The normalized spacial score (nSPS) is 14.3. The van der Waals surface area contributed by atoms with E-state index < -0.39 is 0 Å². The summed E-state index contributed by atoms with van der Waals surface area (Å²) in [7, 11) is 0. The fourth-order valence-corrected chi connectivity index (χ4v) is 4.01. The predicted molar refractivity (Wildman–Crippen MR) is 142 cm³/mol. The molecular weight excluding hydrogens is 503 g/mol. The summed E-state index contributed by atoms with van der Waals surface area (Å²) in [5, 5.41) is 7.07. The van der Waals surface area contributed by atoms with Gasteiger partial charge in [-0.3, -0.25) is 9.59 Å². The van der Waals surface area contributed by atoms with Crippen molar-refractivity contribution in [3.8, 4) is 11.5 Å². The van der Waals surface area contributed by atoms with Crippen LogP contribution in [0.4, 0.5) is 0 Å². The minimum atomic E-state index is -0.126. The van der Waals surface area contributed by atoms with Crippen molar-refractivity contribution in [2.75, 3.05) is 65.6 Å². The SMILES string of the molecule is O=C(COc1ccc(Cl)cc1)NCCCN1CCN(CCCNC(=O)COc2ccc(Cl)cc2)CC1. The van der Waals surface area contributed by atoms with Crippen LogP contribution in [0.5, 0.6) is 11.5 Å². The summed E-state index contributed by atoms with van der Waals surface area (Å²) in [4.78, 5) is 28.7. The highest BCUT2D eigenvalue weighted by atomic mass is 35.5. The topological polar surface area (TPSA) is 83.1 Å². The molecule has 0 saturated carbocycles. The van der Waals surface area contributed by atoms with Crippen molar-refractivity contribution >= 4 is 35.0 Å². The Morgan fingerprint density at radius 1 is 0.667 bits per heavy atom. The highest BCUT2D eigenvalue weighted by Gasteiger charge is 2.16. The van der Waals surface area contributed by atoms with E-state index in [1.165, 1.54) is 0 Å². The van der Waals surface area contributed by atoms with Gasteiger partial charge in [-0.25, -0.2) is 0 Å². The Labute approximate surface area is 222 Å². The number of hydrogen-bond donors (Lipinski definition) is 2. The highest BCUT2D eigenvalue weighted by Crippen LogP contribution is 2.16. The molecule has 0 aromatic heterocycles. The highest BCUT2D eigenvalue weighted by molar-refractivity contribution is 6.30. The van der Waals surface area contributed by atoms with Crippen LogP contribution in [0.3, 0.4) is 0 Å². The molecular formula is C26H34Cl2N4O4. The molecule has 10 heteroatoms. The van der Waals surface area contributed by atoms with Crippen LogP contribution in [-0.2, 0) is 9.59 Å². The number of halogens is 2. The van der Waals surface area contributed by atoms with E-state index in [0.29, 0.717) is 34.6 Å². The first-order valence-electron chi connectivity index (χ1n) is 12.2. The van der Waals surface area contributed by atoms with Gasteiger partial charge in [0.15, 0.2) is 13.2 Å². The van der Waals surface area contributed by atoms with E-state index in [1.807, 2.05) is 0 Å². The van der Waals surface area contributed by atoms with Crippen LogP contribution in [0.2, 0.25) is 10.0 Å². The molecule has 1 aliphatic heterocycles. The van der Waals surface area contributed by atoms with Crippen LogP contribution >= 0.6 is 23.2 Å². The smallest absolute Gasteiger partial charge is 0.257 e. The van der Waals surface area contributed by atoms with Crippen molar-refractivity contribution in [2.45, 2.75) is 12.8 Å². The number of benzene rings is 2. The Morgan fingerprint density at radius 2 is 1.03 bits per heavy atom. The Balaban J connectivity index is 1.15. The van der Waals surface area contributed by atoms with Gasteiger partial charge in [-0.1, -0.05) is 23.2 Å². The zero-order valence-corrected chi connectivity index (χ0v) is 21.9. The maximum Gasteiger partial charge on any atom is 0.257 e. The maximum atomic E-state index is 11.9. The summed E-state index contributed by atoms with van der Waals surface area (Å²) in [6.07, 6.45) is 1.80. The summed E-state index contributed by atoms with van der Waals surface area (Å²) in [6.45, 7) is 7.19. The molecule has 0 bridgehead atoms. The fraction of sp³-hybridized carbons (Fsp3) is 0.462. The van der Waals surface area contributed by atoms with E-state index in [-0.39, 0.29) is 25.0 Å². The van der Waals surface area contributed by atoms with Crippen LogP contribution in [-0.4, -0.2) is 87.2 Å². The molecule has 0 aliphatic carbocycles. The van der Waals surface area contributed by atoms with Gasteiger partial charge >= 0.3 is 0 Å². The van der Waals surface area contributed by atoms with Gasteiger partial charge in [0, 0.05) is 49.3 Å². The number of rotatable bonds is 14. The molecule has 0 unspecified atom stereocenters. The van der Waals surface area contributed by atoms with Crippen molar-refractivity contribution in [2.24, 2.45) is 0 Å². The van der Waals surface area contributed by atoms with E-state index in [9.17, 15) is 9.59 Å². The van der Waals surface area contributed by atoms with E-state index in [4.69, 9.17) is 32.7 Å². The van der Waals surface area contributed by atoms with Gasteiger partial charge in [0.1, 0.15) is 11.5 Å². The third-order valence-corrected chi connectivity index (χ3v) is 6.28. The number of carbonyl (C=O) groups is 2. The van der Waals surface area contributed by atoms with Crippen molar-refractivity contribution < 1.29 is 19.1 Å². The number of nitrogens with zero attached hydrogens (tertiary/aromatic N) is 2. The minimum absolute atomic E-state index is 0.00383. The monoisotopic (exact) mass is 536 g/mol. The first-order chi connectivity index (χ1) is 17.5. The Bertz CT molecular complexity index is 858. The Morgan fingerprint density at radius 3 is 1.39 bits per heavy atom. The van der Waals surface area contributed by atoms with E-state index in [2.05, 4.69) is 20.4 Å². The van der Waals surface area contributed by atoms with Gasteiger partial charge in [-0.2, -0.15) is 0 Å². The Hall–Kier alpha value is -2.52. The van der Waals surface area contributed by atoms with Gasteiger partial charge < -0.3 is 29.9 Å². The number of amides is 2. The summed E-state index contributed by atoms with van der Waals surface area (Å²) in [5.41, 5.74) is 0. The molecule has 2 aromatic carbocycles. The molecule has 1 fully saturated rings. The summed E-state index contributed by atoms with van der Waals surface area (Å²) in [6, 6.07) is 13.9. The van der Waals surface area contributed by atoms with E-state index in [0.717, 1.165) is 52.1 Å². The molecule has 196 valence electrons. The molecule has 1 saturated heterocycles. The van der Waals surface area contributed by atoms with Crippen molar-refractivity contribution in [1.82, 2.24) is 20.4 Å². The van der Waals surface area contributed by atoms with Crippen LogP contribution in [0, 0.1) is 0 Å². The molecule has 0 spiro atoms. The average Bonchev–Trinajstić information content (AvgIpc) is 2.89. The van der Waals surface area contributed by atoms with Crippen molar-refractivity contribution in [3.05, 3.63) is 58.6 Å². The van der Waals surface area contributed by atoms with E-state index >= 15 is 0 Å². The largest absolute Gasteiger partial charge is 0.484 e. The van der Waals surface area contributed by atoms with Crippen LogP contribution in [0.15, 0.2) is 48.5 Å². The quantitative estimate of drug-likeness (QED) is 0.361. The molecule has 36 heavy (non-hydrogen) atoms. The summed E-state index contributed by atoms with van der Waals surface area (Å²) in [5.74, 6) is 0.993. The van der Waals surface area contributed by atoms with Gasteiger partial charge in [0.2, 0.25) is 0 Å². The first-order valence-corrected chi connectivity index (χ1v) is 13.0. The molecule has 2 N–H and O–H groups in total. The van der Waals surface area contributed by atoms with Crippen LogP contribution in [0.1, 0.15) is 12.8 Å². The lowest BCUT2D eigenvalue weighted by Gasteiger charge is -2.34. The van der Waals surface area contributed by atoms with Gasteiger partial charge in [-0.05, 0) is 74.5 Å². The third-order valence-electron chi connectivity index (χ3n) is 5.78. The molecule has 2 aromatic rings. The minimum Gasteiger partial charge on any atom is -0.484 e. The zero-order valence-electron chi connectivity index (χ0n) is 20.4. The molecule has 1 heterocycles. The van der Waals surface area contributed by atoms with Gasteiger partial charge in [0.25, 0.3) is 11.8 Å². The molecule has 0 radical (unpaired) electrons. The third kappa shape index (κ3) is 11.0. The summed E-state index contributed by atoms with van der Waals surface area (Å²) >= 11 is 11.7. The Kier molecular flexibility index (Phi) is 12.1. The van der Waals surface area contributed by atoms with Gasteiger partial charge in [0.05, 0.1) is 0 Å². The second kappa shape index (κ2) is 15.6. The molecule has 3 rings (SSSR count). The van der Waals surface area contributed by atoms with Crippen LogP contribution < -0.4 is 20.1 Å². The van der Waals surface area contributed by atoms with Crippen molar-refractivity contribution in [3.63, 3.8) is 0 Å². The number of carbonyl (C=O) groups excluding carboxylic acids is 2. The average molecular weight is 537 g/mol. The molecule has 0 atom stereocenters. The number of hydrogen-bond acceptors (Lipinski definition) is 6. The second-order valence-corrected chi connectivity index (χ2v) is 9.45.